The van der Waals surface area contributed by atoms with Gasteiger partial charge in [-0.15, -0.1) is 0 Å². The number of hydrogen-bond donors (Lipinski definition) is 1. The van der Waals surface area contributed by atoms with E-state index in [1.807, 2.05) is 13.8 Å². The third-order valence-corrected chi connectivity index (χ3v) is 3.94. The minimum Gasteiger partial charge on any atom is -0.480 e. The second-order valence-electron chi connectivity index (χ2n) is 5.25. The predicted octanol–water partition coefficient (Wildman–Crippen LogP) is 1.79. The Balaban J connectivity index is 2.77. The molecule has 0 aliphatic carbocycles. The van der Waals surface area contributed by atoms with Crippen molar-refractivity contribution < 1.29 is 19.4 Å². The molecular weight excluding hydrogens is 260 g/mol. The number of carboxylic acid groups (broad SMARTS) is 1. The number of likely N-dealkylation sites (tertiary alicyclic amines) is 1. The highest BCUT2D eigenvalue weighted by Crippen LogP contribution is 2.29. The molecule has 1 unspecified atom stereocenters. The molecule has 6 heteroatoms. The molecule has 1 saturated heterocycles. The summed E-state index contributed by atoms with van der Waals surface area (Å²) in [5.41, 5.74) is -1.09. The number of hydrogen-bond acceptors (Lipinski definition) is 3. The number of amides is 2. The van der Waals surface area contributed by atoms with E-state index in [0.29, 0.717) is 39.3 Å². The van der Waals surface area contributed by atoms with E-state index in [4.69, 9.17) is 4.74 Å². The van der Waals surface area contributed by atoms with Crippen LogP contribution in [0, 0.1) is 0 Å². The van der Waals surface area contributed by atoms with Gasteiger partial charge in [0.15, 0.2) is 0 Å². The van der Waals surface area contributed by atoms with Crippen LogP contribution in [0.25, 0.3) is 0 Å². The zero-order valence-electron chi connectivity index (χ0n) is 12.7. The van der Waals surface area contributed by atoms with Crippen molar-refractivity contribution in [3.8, 4) is 0 Å². The first-order valence-electron chi connectivity index (χ1n) is 7.35. The number of ether oxygens (including phenoxy) is 1. The second-order valence-corrected chi connectivity index (χ2v) is 5.25. The third kappa shape index (κ3) is 3.62. The maximum atomic E-state index is 12.6. The summed E-state index contributed by atoms with van der Waals surface area (Å²) >= 11 is 0. The van der Waals surface area contributed by atoms with E-state index in [9.17, 15) is 14.7 Å². The largest absolute Gasteiger partial charge is 0.480 e. The van der Waals surface area contributed by atoms with E-state index >= 15 is 0 Å². The van der Waals surface area contributed by atoms with Gasteiger partial charge in [0.2, 0.25) is 0 Å². The maximum Gasteiger partial charge on any atom is 0.329 e. The Kier molecular flexibility index (Phi) is 6.26. The van der Waals surface area contributed by atoms with Crippen LogP contribution in [-0.4, -0.2) is 65.3 Å². The molecule has 1 fully saturated rings. The zero-order valence-corrected chi connectivity index (χ0v) is 12.7. The normalized spacial score (nSPS) is 22.6. The van der Waals surface area contributed by atoms with E-state index in [2.05, 4.69) is 0 Å². The number of piperidine rings is 1. The molecule has 1 rings (SSSR count). The van der Waals surface area contributed by atoms with E-state index in [0.717, 1.165) is 12.8 Å². The van der Waals surface area contributed by atoms with E-state index in [1.165, 1.54) is 4.90 Å². The Bertz CT molecular complexity index is 348. The number of carbonyl (C=O) groups is 2. The molecule has 0 bridgehead atoms. The molecule has 1 atom stereocenters. The topological polar surface area (TPSA) is 70.1 Å². The molecule has 1 N–H and O–H groups in total. The van der Waals surface area contributed by atoms with Crippen LogP contribution in [0.3, 0.4) is 0 Å². The zero-order chi connectivity index (χ0) is 15.2. The number of urea groups is 1. The van der Waals surface area contributed by atoms with Gasteiger partial charge in [0, 0.05) is 26.2 Å². The Labute approximate surface area is 120 Å². The molecule has 1 aliphatic rings. The monoisotopic (exact) mass is 286 g/mol. The molecular formula is C14H26N2O4. The molecule has 20 heavy (non-hydrogen) atoms. The summed E-state index contributed by atoms with van der Waals surface area (Å²) in [4.78, 5) is 27.3. The van der Waals surface area contributed by atoms with Gasteiger partial charge in [-0.25, -0.2) is 9.59 Å². The summed E-state index contributed by atoms with van der Waals surface area (Å²) < 4.78 is 5.27. The van der Waals surface area contributed by atoms with Crippen molar-refractivity contribution >= 4 is 12.0 Å². The number of rotatable bonds is 6. The first-order chi connectivity index (χ1) is 9.47. The summed E-state index contributed by atoms with van der Waals surface area (Å²) in [5, 5.41) is 9.45. The van der Waals surface area contributed by atoms with Crippen LogP contribution < -0.4 is 0 Å². The van der Waals surface area contributed by atoms with Crippen molar-refractivity contribution in [1.82, 2.24) is 9.80 Å². The van der Waals surface area contributed by atoms with Crippen molar-refractivity contribution in [3.63, 3.8) is 0 Å². The fraction of sp³-hybridized carbons (Fsp3) is 0.857. The SMILES string of the molecule is CCOCCN(CC)C(=O)N1CCCCC1(C)C(=O)O. The van der Waals surface area contributed by atoms with Crippen molar-refractivity contribution in [2.75, 3.05) is 32.8 Å². The number of carboxylic acids is 1. The lowest BCUT2D eigenvalue weighted by atomic mass is 9.89. The van der Waals surface area contributed by atoms with Gasteiger partial charge in [-0.05, 0) is 40.0 Å². The minimum atomic E-state index is -1.09. The third-order valence-electron chi connectivity index (χ3n) is 3.94. The fourth-order valence-electron chi connectivity index (χ4n) is 2.53. The van der Waals surface area contributed by atoms with Crippen molar-refractivity contribution in [1.29, 1.82) is 0 Å². The summed E-state index contributed by atoms with van der Waals surface area (Å²) in [6.07, 6.45) is 2.21. The van der Waals surface area contributed by atoms with E-state index in [1.54, 1.807) is 11.8 Å². The smallest absolute Gasteiger partial charge is 0.329 e. The quantitative estimate of drug-likeness (QED) is 0.756. The molecule has 2 amide bonds. The molecule has 116 valence electrons. The number of carbonyl (C=O) groups excluding carboxylic acids is 1. The average molecular weight is 286 g/mol. The summed E-state index contributed by atoms with van der Waals surface area (Å²) in [5.74, 6) is -0.925. The Morgan fingerprint density at radius 2 is 2.05 bits per heavy atom. The first-order valence-corrected chi connectivity index (χ1v) is 7.35. The first kappa shape index (κ1) is 16.8. The highest BCUT2D eigenvalue weighted by molar-refractivity contribution is 5.86. The summed E-state index contributed by atoms with van der Waals surface area (Å²) in [6, 6.07) is -0.197. The lowest BCUT2D eigenvalue weighted by molar-refractivity contribution is -0.150. The van der Waals surface area contributed by atoms with Crippen LogP contribution in [0.5, 0.6) is 0 Å². The molecule has 1 heterocycles. The van der Waals surface area contributed by atoms with Crippen LogP contribution in [0.15, 0.2) is 0 Å². The lowest BCUT2D eigenvalue weighted by Gasteiger charge is -2.43. The maximum absolute atomic E-state index is 12.6. The van der Waals surface area contributed by atoms with Gasteiger partial charge in [-0.3, -0.25) is 0 Å². The standard InChI is InChI=1S/C14H26N2O4/c1-4-15(10-11-20-5-2)13(19)16-9-7-6-8-14(16,3)12(17)18/h4-11H2,1-3H3,(H,17,18). The van der Waals surface area contributed by atoms with Gasteiger partial charge < -0.3 is 19.6 Å². The predicted molar refractivity (Wildman–Crippen MR) is 75.7 cm³/mol. The Morgan fingerprint density at radius 3 is 2.60 bits per heavy atom. The van der Waals surface area contributed by atoms with Crippen LogP contribution >= 0.6 is 0 Å². The lowest BCUT2D eigenvalue weighted by Crippen LogP contribution is -2.60. The van der Waals surface area contributed by atoms with Crippen molar-refractivity contribution in [2.24, 2.45) is 0 Å². The number of aliphatic carboxylic acids is 1. The van der Waals surface area contributed by atoms with Crippen molar-refractivity contribution in [2.45, 2.75) is 45.6 Å². The molecule has 0 aromatic heterocycles. The molecule has 0 aromatic carbocycles. The van der Waals surface area contributed by atoms with Gasteiger partial charge in [0.1, 0.15) is 5.54 Å². The van der Waals surface area contributed by atoms with Gasteiger partial charge in [-0.2, -0.15) is 0 Å². The van der Waals surface area contributed by atoms with E-state index < -0.39 is 11.5 Å². The Morgan fingerprint density at radius 1 is 1.35 bits per heavy atom. The summed E-state index contributed by atoms with van der Waals surface area (Å²) in [6.45, 7) is 8.09. The van der Waals surface area contributed by atoms with Gasteiger partial charge in [-0.1, -0.05) is 0 Å². The van der Waals surface area contributed by atoms with Gasteiger partial charge in [0.25, 0.3) is 0 Å². The van der Waals surface area contributed by atoms with Crippen LogP contribution in [0.4, 0.5) is 4.79 Å². The van der Waals surface area contributed by atoms with E-state index in [-0.39, 0.29) is 6.03 Å². The van der Waals surface area contributed by atoms with Gasteiger partial charge >= 0.3 is 12.0 Å². The molecule has 0 spiro atoms. The fourth-order valence-corrected chi connectivity index (χ4v) is 2.53. The molecule has 0 aromatic rings. The van der Waals surface area contributed by atoms with Crippen LogP contribution in [0.1, 0.15) is 40.0 Å². The highest BCUT2D eigenvalue weighted by atomic mass is 16.5. The average Bonchev–Trinajstić information content (AvgIpc) is 2.43. The molecule has 1 aliphatic heterocycles. The van der Waals surface area contributed by atoms with Gasteiger partial charge in [0.05, 0.1) is 6.61 Å². The van der Waals surface area contributed by atoms with Crippen LogP contribution in [0.2, 0.25) is 0 Å². The molecule has 0 saturated carbocycles. The Hall–Kier alpha value is -1.30. The minimum absolute atomic E-state index is 0.197. The molecule has 6 nitrogen and oxygen atoms in total. The second kappa shape index (κ2) is 7.47. The van der Waals surface area contributed by atoms with Crippen molar-refractivity contribution in [3.05, 3.63) is 0 Å². The van der Waals surface area contributed by atoms with Crippen LogP contribution in [-0.2, 0) is 9.53 Å². The molecule has 0 radical (unpaired) electrons. The number of likely N-dealkylation sites (N-methyl/N-ethyl adjacent to an activating group) is 1. The number of nitrogens with zero attached hydrogens (tertiary/aromatic N) is 2. The highest BCUT2D eigenvalue weighted by Gasteiger charge is 2.44. The summed E-state index contributed by atoms with van der Waals surface area (Å²) in [7, 11) is 0.